The molecule has 0 aromatic carbocycles. The van der Waals surface area contributed by atoms with Crippen LogP contribution in [-0.2, 0) is 0 Å². The molecule has 0 fully saturated rings. The van der Waals surface area contributed by atoms with Crippen LogP contribution in [0, 0.1) is 0 Å². The maximum atomic E-state index is 11.3. The zero-order chi connectivity index (χ0) is 8.72. The Labute approximate surface area is 72.6 Å². The Morgan fingerprint density at radius 2 is 2.33 bits per heavy atom. The summed E-state index contributed by atoms with van der Waals surface area (Å²) in [6.45, 7) is 1.76. The molecule has 0 N–H and O–H groups in total. The van der Waals surface area contributed by atoms with Crippen LogP contribution in [0.1, 0.15) is 11.7 Å². The SMILES string of the molecule is CC1Sc2nccc(=O)n2C1=O. The van der Waals surface area contributed by atoms with Crippen molar-refractivity contribution in [3.8, 4) is 0 Å². The lowest BCUT2D eigenvalue weighted by atomic mass is 10.4. The van der Waals surface area contributed by atoms with E-state index in [9.17, 15) is 9.59 Å². The predicted octanol–water partition coefficient (Wildman–Crippen LogP) is 0.378. The lowest BCUT2D eigenvalue weighted by molar-refractivity contribution is 0.0908. The van der Waals surface area contributed by atoms with Gasteiger partial charge >= 0.3 is 0 Å². The Balaban J connectivity index is 2.70. The molecule has 62 valence electrons. The zero-order valence-electron chi connectivity index (χ0n) is 6.35. The van der Waals surface area contributed by atoms with Gasteiger partial charge in [-0.15, -0.1) is 0 Å². The monoisotopic (exact) mass is 182 g/mol. The van der Waals surface area contributed by atoms with Crippen LogP contribution in [0.3, 0.4) is 0 Å². The van der Waals surface area contributed by atoms with E-state index in [-0.39, 0.29) is 16.7 Å². The van der Waals surface area contributed by atoms with Gasteiger partial charge in [0.05, 0.1) is 5.25 Å². The standard InChI is InChI=1S/C7H6N2O2S/c1-4-6(11)9-5(10)2-3-8-7(9)12-4/h2-4H,1H3. The molecule has 1 aliphatic heterocycles. The Morgan fingerprint density at radius 3 is 3.00 bits per heavy atom. The number of nitrogens with zero attached hydrogens (tertiary/aromatic N) is 2. The zero-order valence-corrected chi connectivity index (χ0v) is 7.17. The average molecular weight is 182 g/mol. The molecule has 0 spiro atoms. The number of aromatic nitrogens is 2. The van der Waals surface area contributed by atoms with Gasteiger partial charge in [0.25, 0.3) is 5.56 Å². The van der Waals surface area contributed by atoms with E-state index in [1.54, 1.807) is 6.92 Å². The number of hydrogen-bond donors (Lipinski definition) is 0. The van der Waals surface area contributed by atoms with Crippen LogP contribution in [0.4, 0.5) is 0 Å². The molecule has 2 rings (SSSR count). The van der Waals surface area contributed by atoms with Gasteiger partial charge in [-0.25, -0.2) is 9.55 Å². The Bertz CT molecular complexity index is 399. The summed E-state index contributed by atoms with van der Waals surface area (Å²) in [5.41, 5.74) is -0.290. The summed E-state index contributed by atoms with van der Waals surface area (Å²) in [6.07, 6.45) is 1.42. The number of fused-ring (bicyclic) bond motifs is 1. The molecule has 1 aliphatic rings. The number of hydrogen-bond acceptors (Lipinski definition) is 4. The lowest BCUT2D eigenvalue weighted by Gasteiger charge is -1.95. The van der Waals surface area contributed by atoms with Gasteiger partial charge in [-0.3, -0.25) is 9.59 Å². The molecule has 0 aliphatic carbocycles. The van der Waals surface area contributed by atoms with Crippen molar-refractivity contribution in [2.24, 2.45) is 0 Å². The number of carbonyl (C=O) groups is 1. The summed E-state index contributed by atoms with van der Waals surface area (Å²) in [4.78, 5) is 26.4. The van der Waals surface area contributed by atoms with Gasteiger partial charge in [0.1, 0.15) is 0 Å². The molecule has 1 unspecified atom stereocenters. The summed E-state index contributed by atoms with van der Waals surface area (Å²) >= 11 is 1.32. The largest absolute Gasteiger partial charge is 0.273 e. The molecule has 1 aromatic heterocycles. The third-order valence-corrected chi connectivity index (χ3v) is 2.72. The van der Waals surface area contributed by atoms with E-state index >= 15 is 0 Å². The number of carbonyl (C=O) groups excluding carboxylic acids is 1. The van der Waals surface area contributed by atoms with E-state index in [1.165, 1.54) is 24.0 Å². The second-order valence-electron chi connectivity index (χ2n) is 2.50. The molecule has 12 heavy (non-hydrogen) atoms. The van der Waals surface area contributed by atoms with E-state index in [0.29, 0.717) is 5.16 Å². The number of rotatable bonds is 0. The molecule has 4 nitrogen and oxygen atoms in total. The average Bonchev–Trinajstić information content (AvgIpc) is 2.29. The van der Waals surface area contributed by atoms with Gasteiger partial charge < -0.3 is 0 Å². The van der Waals surface area contributed by atoms with E-state index in [2.05, 4.69) is 4.98 Å². The van der Waals surface area contributed by atoms with Gasteiger partial charge in [0.2, 0.25) is 5.91 Å². The van der Waals surface area contributed by atoms with Crippen molar-refractivity contribution in [3.05, 3.63) is 22.6 Å². The van der Waals surface area contributed by atoms with Crippen molar-refractivity contribution in [2.45, 2.75) is 17.3 Å². The smallest absolute Gasteiger partial charge is 0.260 e. The molecular formula is C7H6N2O2S. The van der Waals surface area contributed by atoms with E-state index in [1.807, 2.05) is 0 Å². The molecule has 0 radical (unpaired) electrons. The first kappa shape index (κ1) is 7.54. The quantitative estimate of drug-likeness (QED) is 0.544. The second kappa shape index (κ2) is 2.45. The highest BCUT2D eigenvalue weighted by molar-refractivity contribution is 8.00. The van der Waals surface area contributed by atoms with E-state index in [4.69, 9.17) is 0 Å². The van der Waals surface area contributed by atoms with Crippen molar-refractivity contribution < 1.29 is 4.79 Å². The highest BCUT2D eigenvalue weighted by Crippen LogP contribution is 2.27. The van der Waals surface area contributed by atoms with Crippen LogP contribution in [0.2, 0.25) is 0 Å². The van der Waals surface area contributed by atoms with E-state index in [0.717, 1.165) is 4.57 Å². The van der Waals surface area contributed by atoms with Crippen molar-refractivity contribution in [2.75, 3.05) is 0 Å². The molecule has 2 heterocycles. The summed E-state index contributed by atoms with van der Waals surface area (Å²) in [7, 11) is 0. The first-order valence-electron chi connectivity index (χ1n) is 3.49. The normalized spacial score (nSPS) is 21.1. The maximum Gasteiger partial charge on any atom is 0.260 e. The lowest BCUT2D eigenvalue weighted by Crippen LogP contribution is -2.27. The van der Waals surface area contributed by atoms with Crippen molar-refractivity contribution in [3.63, 3.8) is 0 Å². The fourth-order valence-electron chi connectivity index (χ4n) is 1.07. The van der Waals surface area contributed by atoms with Gasteiger partial charge in [-0.2, -0.15) is 0 Å². The van der Waals surface area contributed by atoms with Crippen molar-refractivity contribution >= 4 is 17.7 Å². The highest BCUT2D eigenvalue weighted by Gasteiger charge is 2.29. The molecular weight excluding hydrogens is 176 g/mol. The fourth-order valence-corrected chi connectivity index (χ4v) is 2.00. The van der Waals surface area contributed by atoms with Gasteiger partial charge in [-0.1, -0.05) is 11.8 Å². The van der Waals surface area contributed by atoms with Crippen LogP contribution in [-0.4, -0.2) is 20.7 Å². The molecule has 1 aromatic rings. The first-order chi connectivity index (χ1) is 5.70. The van der Waals surface area contributed by atoms with Crippen LogP contribution in [0.15, 0.2) is 22.2 Å². The first-order valence-corrected chi connectivity index (χ1v) is 4.37. The summed E-state index contributed by atoms with van der Waals surface area (Å²) in [5, 5.41) is 0.313. The Hall–Kier alpha value is -1.10. The van der Waals surface area contributed by atoms with Crippen LogP contribution in [0.25, 0.3) is 0 Å². The Morgan fingerprint density at radius 1 is 1.58 bits per heavy atom. The third-order valence-electron chi connectivity index (χ3n) is 1.66. The van der Waals surface area contributed by atoms with Gasteiger partial charge in [-0.05, 0) is 6.92 Å². The van der Waals surface area contributed by atoms with Gasteiger partial charge in [0, 0.05) is 12.3 Å². The minimum absolute atomic E-state index is 0.173. The fraction of sp³-hybridized carbons (Fsp3) is 0.286. The molecule has 0 saturated heterocycles. The second-order valence-corrected chi connectivity index (χ2v) is 3.81. The van der Waals surface area contributed by atoms with Crippen molar-refractivity contribution in [1.82, 2.24) is 9.55 Å². The summed E-state index contributed by atoms with van der Waals surface area (Å²) in [5.74, 6) is -0.173. The molecule has 0 amide bonds. The molecule has 0 bridgehead atoms. The maximum absolute atomic E-state index is 11.3. The highest BCUT2D eigenvalue weighted by atomic mass is 32.2. The topological polar surface area (TPSA) is 52.0 Å². The summed E-state index contributed by atoms with van der Waals surface area (Å²) < 4.78 is 1.12. The van der Waals surface area contributed by atoms with Crippen LogP contribution < -0.4 is 5.56 Å². The Kier molecular flexibility index (Phi) is 1.54. The molecule has 0 saturated carbocycles. The van der Waals surface area contributed by atoms with E-state index < -0.39 is 0 Å². The van der Waals surface area contributed by atoms with Gasteiger partial charge in [0.15, 0.2) is 5.16 Å². The summed E-state index contributed by atoms with van der Waals surface area (Å²) in [6, 6.07) is 1.29. The predicted molar refractivity (Wildman–Crippen MR) is 44.4 cm³/mol. The molecule has 5 heteroatoms. The van der Waals surface area contributed by atoms with Crippen LogP contribution >= 0.6 is 11.8 Å². The number of thioether (sulfide) groups is 1. The third kappa shape index (κ3) is 0.896. The molecule has 1 atom stereocenters. The van der Waals surface area contributed by atoms with Crippen LogP contribution in [0.5, 0.6) is 0 Å². The minimum atomic E-state index is -0.290. The minimum Gasteiger partial charge on any atom is -0.273 e. The van der Waals surface area contributed by atoms with Crippen molar-refractivity contribution in [1.29, 1.82) is 0 Å².